The highest BCUT2D eigenvalue weighted by Gasteiger charge is 2.27. The molecule has 35 heavy (non-hydrogen) atoms. The molecule has 0 saturated carbocycles. The fourth-order valence-corrected chi connectivity index (χ4v) is 4.66. The van der Waals surface area contributed by atoms with Crippen LogP contribution in [-0.2, 0) is 0 Å². The standard InChI is InChI=1S/C26H26N6O3/c1-16-5-7-18(8-6-16)25(33)30-19-14-21(26(34)35)23(28-15-19)31-12-9-20(10-13-31)32-17(2)29-22-4-3-11-27-24(22)32/h3-8,11,14-15,20H,9-10,12-13H2,1-2H3,(H,30,33)(H,34,35). The Kier molecular flexibility index (Phi) is 5.90. The van der Waals surface area contributed by atoms with Gasteiger partial charge in [0.2, 0.25) is 0 Å². The number of rotatable bonds is 5. The number of hydrogen-bond donors (Lipinski definition) is 2. The van der Waals surface area contributed by atoms with E-state index in [1.54, 1.807) is 18.3 Å². The van der Waals surface area contributed by atoms with E-state index in [-0.39, 0.29) is 17.5 Å². The number of carbonyl (C=O) groups excluding carboxylic acids is 1. The minimum atomic E-state index is -1.08. The van der Waals surface area contributed by atoms with Crippen LogP contribution in [0, 0.1) is 13.8 Å². The van der Waals surface area contributed by atoms with Crippen LogP contribution in [0.15, 0.2) is 54.9 Å². The van der Waals surface area contributed by atoms with Crippen molar-refractivity contribution in [2.75, 3.05) is 23.3 Å². The first-order valence-corrected chi connectivity index (χ1v) is 11.6. The summed E-state index contributed by atoms with van der Waals surface area (Å²) in [7, 11) is 0. The highest BCUT2D eigenvalue weighted by atomic mass is 16.4. The number of piperidine rings is 1. The van der Waals surface area contributed by atoms with Crippen LogP contribution in [0.1, 0.15) is 51.0 Å². The molecular formula is C26H26N6O3. The van der Waals surface area contributed by atoms with Gasteiger partial charge in [0.05, 0.1) is 11.9 Å². The zero-order valence-corrected chi connectivity index (χ0v) is 19.6. The number of carboxylic acid groups (broad SMARTS) is 1. The van der Waals surface area contributed by atoms with E-state index in [4.69, 9.17) is 0 Å². The van der Waals surface area contributed by atoms with E-state index >= 15 is 0 Å². The molecule has 4 heterocycles. The molecule has 1 aliphatic rings. The molecule has 0 aliphatic carbocycles. The predicted molar refractivity (Wildman–Crippen MR) is 133 cm³/mol. The Balaban J connectivity index is 1.33. The molecule has 0 atom stereocenters. The number of nitrogens with one attached hydrogen (secondary N) is 1. The smallest absolute Gasteiger partial charge is 0.339 e. The lowest BCUT2D eigenvalue weighted by Crippen LogP contribution is -2.36. The zero-order chi connectivity index (χ0) is 24.5. The van der Waals surface area contributed by atoms with Crippen LogP contribution in [0.25, 0.3) is 11.2 Å². The first-order valence-electron chi connectivity index (χ1n) is 11.6. The summed E-state index contributed by atoms with van der Waals surface area (Å²) in [6.45, 7) is 5.24. The minimum absolute atomic E-state index is 0.0658. The molecule has 1 amide bonds. The van der Waals surface area contributed by atoms with Gasteiger partial charge in [-0.1, -0.05) is 17.7 Å². The minimum Gasteiger partial charge on any atom is -0.478 e. The topological polar surface area (TPSA) is 113 Å². The number of carboxylic acids is 1. The van der Waals surface area contributed by atoms with Gasteiger partial charge < -0.3 is 19.9 Å². The molecular weight excluding hydrogens is 444 g/mol. The molecule has 9 nitrogen and oxygen atoms in total. The van der Waals surface area contributed by atoms with Crippen molar-refractivity contribution < 1.29 is 14.7 Å². The number of aryl methyl sites for hydroxylation is 2. The highest BCUT2D eigenvalue weighted by molar-refractivity contribution is 6.05. The third-order valence-corrected chi connectivity index (χ3v) is 6.42. The third kappa shape index (κ3) is 4.44. The summed E-state index contributed by atoms with van der Waals surface area (Å²) in [6.07, 6.45) is 4.92. The maximum absolute atomic E-state index is 12.6. The second-order valence-electron chi connectivity index (χ2n) is 8.81. The van der Waals surface area contributed by atoms with Crippen molar-refractivity contribution in [2.24, 2.45) is 0 Å². The van der Waals surface area contributed by atoms with Crippen LogP contribution >= 0.6 is 0 Å². The van der Waals surface area contributed by atoms with E-state index in [2.05, 4.69) is 24.8 Å². The van der Waals surface area contributed by atoms with E-state index in [0.29, 0.717) is 30.2 Å². The first kappa shape index (κ1) is 22.5. The summed E-state index contributed by atoms with van der Waals surface area (Å²) in [6, 6.07) is 12.7. The summed E-state index contributed by atoms with van der Waals surface area (Å²) < 4.78 is 2.18. The summed E-state index contributed by atoms with van der Waals surface area (Å²) in [4.78, 5) is 40.2. The average Bonchev–Trinajstić information content (AvgIpc) is 3.20. The van der Waals surface area contributed by atoms with Crippen LogP contribution in [-0.4, -0.2) is 49.6 Å². The summed E-state index contributed by atoms with van der Waals surface area (Å²) in [5.41, 5.74) is 3.72. The number of anilines is 2. The van der Waals surface area contributed by atoms with E-state index in [0.717, 1.165) is 35.4 Å². The second-order valence-corrected chi connectivity index (χ2v) is 8.81. The molecule has 0 spiro atoms. The molecule has 1 fully saturated rings. The van der Waals surface area contributed by atoms with Crippen molar-refractivity contribution in [3.05, 3.63) is 77.4 Å². The molecule has 1 saturated heterocycles. The maximum Gasteiger partial charge on any atom is 0.339 e. The van der Waals surface area contributed by atoms with Crippen LogP contribution in [0.2, 0.25) is 0 Å². The fourth-order valence-electron chi connectivity index (χ4n) is 4.66. The van der Waals surface area contributed by atoms with Gasteiger partial charge in [-0.05, 0) is 57.0 Å². The number of aromatic nitrogens is 4. The number of pyridine rings is 2. The van der Waals surface area contributed by atoms with Crippen molar-refractivity contribution >= 4 is 34.5 Å². The van der Waals surface area contributed by atoms with Gasteiger partial charge in [-0.2, -0.15) is 0 Å². The first-order chi connectivity index (χ1) is 16.9. The van der Waals surface area contributed by atoms with Crippen molar-refractivity contribution in [1.82, 2.24) is 19.5 Å². The molecule has 2 N–H and O–H groups in total. The number of benzene rings is 1. The van der Waals surface area contributed by atoms with Gasteiger partial charge in [0.15, 0.2) is 5.65 Å². The second kappa shape index (κ2) is 9.17. The third-order valence-electron chi connectivity index (χ3n) is 6.42. The summed E-state index contributed by atoms with van der Waals surface area (Å²) in [5, 5.41) is 12.6. The van der Waals surface area contributed by atoms with Crippen LogP contribution in [0.4, 0.5) is 11.5 Å². The molecule has 0 radical (unpaired) electrons. The molecule has 4 aromatic rings. The highest BCUT2D eigenvalue weighted by Crippen LogP contribution is 2.31. The molecule has 0 unspecified atom stereocenters. The zero-order valence-electron chi connectivity index (χ0n) is 19.6. The molecule has 1 aromatic carbocycles. The number of nitrogens with zero attached hydrogens (tertiary/aromatic N) is 5. The normalized spacial score (nSPS) is 14.3. The quantitative estimate of drug-likeness (QED) is 0.449. The van der Waals surface area contributed by atoms with Gasteiger partial charge in [-0.3, -0.25) is 4.79 Å². The van der Waals surface area contributed by atoms with Crippen molar-refractivity contribution in [2.45, 2.75) is 32.7 Å². The average molecular weight is 471 g/mol. The number of amides is 1. The Labute approximate surface area is 202 Å². The lowest BCUT2D eigenvalue weighted by molar-refractivity contribution is 0.0696. The van der Waals surface area contributed by atoms with Gasteiger partial charge in [0.25, 0.3) is 5.91 Å². The Morgan fingerprint density at radius 3 is 2.51 bits per heavy atom. The Morgan fingerprint density at radius 2 is 1.80 bits per heavy atom. The molecule has 0 bridgehead atoms. The largest absolute Gasteiger partial charge is 0.478 e. The van der Waals surface area contributed by atoms with Gasteiger partial charge >= 0.3 is 5.97 Å². The van der Waals surface area contributed by atoms with Crippen LogP contribution in [0.3, 0.4) is 0 Å². The fraction of sp³-hybridized carbons (Fsp3) is 0.269. The Morgan fingerprint density at radius 1 is 1.06 bits per heavy atom. The van der Waals surface area contributed by atoms with Crippen LogP contribution in [0.5, 0.6) is 0 Å². The van der Waals surface area contributed by atoms with Gasteiger partial charge in [-0.15, -0.1) is 0 Å². The van der Waals surface area contributed by atoms with E-state index in [9.17, 15) is 14.7 Å². The predicted octanol–water partition coefficient (Wildman–Crippen LogP) is 4.24. The van der Waals surface area contributed by atoms with Crippen molar-refractivity contribution in [3.63, 3.8) is 0 Å². The summed E-state index contributed by atoms with van der Waals surface area (Å²) >= 11 is 0. The summed E-state index contributed by atoms with van der Waals surface area (Å²) in [5.74, 6) is -0.0558. The van der Waals surface area contributed by atoms with Gasteiger partial charge in [-0.25, -0.2) is 19.7 Å². The number of carbonyl (C=O) groups is 2. The molecule has 5 rings (SSSR count). The number of hydrogen-bond acceptors (Lipinski definition) is 6. The molecule has 1 aliphatic heterocycles. The number of imidazole rings is 1. The van der Waals surface area contributed by atoms with Crippen LogP contribution < -0.4 is 10.2 Å². The van der Waals surface area contributed by atoms with Crippen molar-refractivity contribution in [1.29, 1.82) is 0 Å². The Hall–Kier alpha value is -4.27. The number of aromatic carboxylic acids is 1. The molecule has 9 heteroatoms. The lowest BCUT2D eigenvalue weighted by Gasteiger charge is -2.34. The number of fused-ring (bicyclic) bond motifs is 1. The maximum atomic E-state index is 12.6. The van der Waals surface area contributed by atoms with E-state index < -0.39 is 5.97 Å². The van der Waals surface area contributed by atoms with E-state index in [1.807, 2.05) is 43.0 Å². The molecule has 178 valence electrons. The lowest BCUT2D eigenvalue weighted by atomic mass is 10.0. The molecule has 3 aromatic heterocycles. The SMILES string of the molecule is Cc1ccc(C(=O)Nc2cnc(N3CCC(n4c(C)nc5cccnc54)CC3)c(C(=O)O)c2)cc1. The van der Waals surface area contributed by atoms with Crippen molar-refractivity contribution in [3.8, 4) is 0 Å². The monoisotopic (exact) mass is 470 g/mol. The van der Waals surface area contributed by atoms with Gasteiger partial charge in [0.1, 0.15) is 22.7 Å². The Bertz CT molecular complexity index is 1400. The van der Waals surface area contributed by atoms with Gasteiger partial charge in [0, 0.05) is 30.9 Å². The van der Waals surface area contributed by atoms with E-state index in [1.165, 1.54) is 12.3 Å².